The molecule has 0 radical (unpaired) electrons. The fraction of sp³-hybridized carbons (Fsp3) is 0.333. The number of nitrogens with two attached hydrogens (primary N) is 2. The van der Waals surface area contributed by atoms with E-state index < -0.39 is 10.1 Å². The van der Waals surface area contributed by atoms with E-state index in [0.717, 1.165) is 6.07 Å². The third kappa shape index (κ3) is 3.37. The molecule has 0 saturated carbocycles. The van der Waals surface area contributed by atoms with Crippen LogP contribution in [0.4, 0.5) is 5.69 Å². The Labute approximate surface area is 93.9 Å². The molecule has 0 aliphatic rings. The fourth-order valence-electron chi connectivity index (χ4n) is 1.07. The van der Waals surface area contributed by atoms with Crippen LogP contribution in [0.1, 0.15) is 6.92 Å². The molecule has 1 aromatic rings. The summed E-state index contributed by atoms with van der Waals surface area (Å²) in [5.41, 5.74) is 11.1. The minimum atomic E-state index is -4.35. The summed E-state index contributed by atoms with van der Waals surface area (Å²) >= 11 is 0. The molecule has 7 heteroatoms. The van der Waals surface area contributed by atoms with Crippen molar-refractivity contribution >= 4 is 15.8 Å². The number of nitrogen functional groups attached to an aromatic ring is 1. The van der Waals surface area contributed by atoms with Gasteiger partial charge in [0.25, 0.3) is 10.1 Å². The number of ether oxygens (including phenoxy) is 1. The van der Waals surface area contributed by atoms with Gasteiger partial charge in [-0.2, -0.15) is 8.42 Å². The first-order chi connectivity index (χ1) is 7.30. The monoisotopic (exact) mass is 246 g/mol. The maximum absolute atomic E-state index is 11.0. The lowest BCUT2D eigenvalue weighted by molar-refractivity contribution is 0.288. The van der Waals surface area contributed by atoms with Crippen LogP contribution < -0.4 is 16.2 Å². The van der Waals surface area contributed by atoms with Crippen LogP contribution in [0, 0.1) is 0 Å². The van der Waals surface area contributed by atoms with E-state index in [-0.39, 0.29) is 29.0 Å². The van der Waals surface area contributed by atoms with E-state index in [1.807, 2.05) is 0 Å². The molecule has 16 heavy (non-hydrogen) atoms. The van der Waals surface area contributed by atoms with Crippen molar-refractivity contribution in [1.29, 1.82) is 0 Å². The van der Waals surface area contributed by atoms with Gasteiger partial charge in [0.15, 0.2) is 0 Å². The van der Waals surface area contributed by atoms with E-state index >= 15 is 0 Å². The van der Waals surface area contributed by atoms with E-state index in [1.165, 1.54) is 12.1 Å². The van der Waals surface area contributed by atoms with Crippen molar-refractivity contribution in [3.05, 3.63) is 18.2 Å². The Morgan fingerprint density at radius 2 is 2.12 bits per heavy atom. The number of rotatable bonds is 4. The molecule has 0 saturated heterocycles. The van der Waals surface area contributed by atoms with Crippen LogP contribution in [0.25, 0.3) is 0 Å². The lowest BCUT2D eigenvalue weighted by Crippen LogP contribution is -2.24. The van der Waals surface area contributed by atoms with E-state index in [4.69, 9.17) is 20.8 Å². The molecule has 0 heterocycles. The Morgan fingerprint density at radius 3 is 2.62 bits per heavy atom. The molecule has 1 unspecified atom stereocenters. The van der Waals surface area contributed by atoms with Crippen LogP contribution in [0.5, 0.6) is 5.75 Å². The Balaban J connectivity index is 3.09. The Morgan fingerprint density at radius 1 is 1.50 bits per heavy atom. The number of anilines is 1. The zero-order valence-corrected chi connectivity index (χ0v) is 9.57. The summed E-state index contributed by atoms with van der Waals surface area (Å²) in [5.74, 6) is 0.0361. The van der Waals surface area contributed by atoms with Crippen LogP contribution >= 0.6 is 0 Å². The van der Waals surface area contributed by atoms with Gasteiger partial charge in [-0.3, -0.25) is 4.55 Å². The topological polar surface area (TPSA) is 116 Å². The summed E-state index contributed by atoms with van der Waals surface area (Å²) in [6.45, 7) is 1.86. The van der Waals surface area contributed by atoms with Crippen LogP contribution in [0.3, 0.4) is 0 Å². The maximum Gasteiger partial charge on any atom is 0.298 e. The Kier molecular flexibility index (Phi) is 3.74. The molecule has 1 atom stereocenters. The van der Waals surface area contributed by atoms with E-state index in [0.29, 0.717) is 0 Å². The molecule has 0 spiro atoms. The van der Waals surface area contributed by atoms with Gasteiger partial charge in [-0.1, -0.05) is 0 Å². The first-order valence-electron chi connectivity index (χ1n) is 4.56. The van der Waals surface area contributed by atoms with Crippen LogP contribution in [0.2, 0.25) is 0 Å². The van der Waals surface area contributed by atoms with Crippen molar-refractivity contribution in [2.75, 3.05) is 12.3 Å². The molecule has 0 aromatic heterocycles. The van der Waals surface area contributed by atoms with Gasteiger partial charge in [0.05, 0.1) is 0 Å². The van der Waals surface area contributed by atoms with Crippen molar-refractivity contribution < 1.29 is 17.7 Å². The van der Waals surface area contributed by atoms with Crippen molar-refractivity contribution in [3.63, 3.8) is 0 Å². The van der Waals surface area contributed by atoms with Gasteiger partial charge < -0.3 is 16.2 Å². The highest BCUT2D eigenvalue weighted by Gasteiger charge is 2.17. The minimum Gasteiger partial charge on any atom is -0.491 e. The second kappa shape index (κ2) is 4.69. The summed E-state index contributed by atoms with van der Waals surface area (Å²) in [5, 5.41) is 0. The van der Waals surface area contributed by atoms with Gasteiger partial charge in [0, 0.05) is 11.7 Å². The van der Waals surface area contributed by atoms with Crippen LogP contribution in [0.15, 0.2) is 23.1 Å². The molecule has 0 bridgehead atoms. The van der Waals surface area contributed by atoms with Gasteiger partial charge >= 0.3 is 0 Å². The third-order valence-electron chi connectivity index (χ3n) is 1.75. The van der Waals surface area contributed by atoms with Gasteiger partial charge in [-0.15, -0.1) is 0 Å². The molecule has 0 fully saturated rings. The smallest absolute Gasteiger partial charge is 0.298 e. The number of benzene rings is 1. The third-order valence-corrected chi connectivity index (χ3v) is 2.62. The maximum atomic E-state index is 11.0. The summed E-state index contributed by atoms with van der Waals surface area (Å²) in [7, 11) is -4.35. The summed E-state index contributed by atoms with van der Waals surface area (Å²) in [6, 6.07) is 3.74. The van der Waals surface area contributed by atoms with Crippen molar-refractivity contribution in [2.45, 2.75) is 17.9 Å². The molecular formula is C9H14N2O4S. The molecular weight excluding hydrogens is 232 g/mol. The summed E-state index contributed by atoms with van der Waals surface area (Å²) in [6.07, 6.45) is 0. The van der Waals surface area contributed by atoms with E-state index in [1.54, 1.807) is 6.92 Å². The molecule has 5 N–H and O–H groups in total. The molecule has 90 valence electrons. The Bertz CT molecular complexity index is 470. The van der Waals surface area contributed by atoms with Crippen LogP contribution in [-0.2, 0) is 10.1 Å². The zero-order chi connectivity index (χ0) is 12.3. The fourth-order valence-corrected chi connectivity index (χ4v) is 1.73. The first-order valence-corrected chi connectivity index (χ1v) is 6.00. The van der Waals surface area contributed by atoms with E-state index in [2.05, 4.69) is 0 Å². The SMILES string of the molecule is CC(N)COc1ccc(N)cc1S(=O)(=O)O. The van der Waals surface area contributed by atoms with Crippen molar-refractivity contribution in [1.82, 2.24) is 0 Å². The second-order valence-corrected chi connectivity index (χ2v) is 4.86. The highest BCUT2D eigenvalue weighted by Crippen LogP contribution is 2.25. The quantitative estimate of drug-likeness (QED) is 0.517. The lowest BCUT2D eigenvalue weighted by atomic mass is 10.3. The number of hydrogen-bond acceptors (Lipinski definition) is 5. The minimum absolute atomic E-state index is 0.0361. The van der Waals surface area contributed by atoms with Gasteiger partial charge in [0.1, 0.15) is 17.3 Å². The highest BCUT2D eigenvalue weighted by molar-refractivity contribution is 7.86. The van der Waals surface area contributed by atoms with E-state index in [9.17, 15) is 8.42 Å². The average Bonchev–Trinajstić information content (AvgIpc) is 2.14. The zero-order valence-electron chi connectivity index (χ0n) is 8.75. The van der Waals surface area contributed by atoms with Gasteiger partial charge in [-0.05, 0) is 25.1 Å². The molecule has 6 nitrogen and oxygen atoms in total. The Hall–Kier alpha value is -1.31. The predicted octanol–water partition coefficient (Wildman–Crippen LogP) is 0.242. The molecule has 0 amide bonds. The van der Waals surface area contributed by atoms with Crippen molar-refractivity contribution in [2.24, 2.45) is 5.73 Å². The number of hydrogen-bond donors (Lipinski definition) is 3. The normalized spacial score (nSPS) is 13.4. The standard InChI is InChI=1S/C9H14N2O4S/c1-6(10)5-15-8-3-2-7(11)4-9(8)16(12,13)14/h2-4,6H,5,10-11H2,1H3,(H,12,13,14). The molecule has 0 aliphatic heterocycles. The summed E-state index contributed by atoms with van der Waals surface area (Å²) in [4.78, 5) is -0.354. The average molecular weight is 246 g/mol. The highest BCUT2D eigenvalue weighted by atomic mass is 32.2. The first kappa shape index (κ1) is 12.8. The predicted molar refractivity (Wildman–Crippen MR) is 59.8 cm³/mol. The molecule has 0 aliphatic carbocycles. The lowest BCUT2D eigenvalue weighted by Gasteiger charge is -2.11. The molecule has 1 aromatic carbocycles. The summed E-state index contributed by atoms with van der Waals surface area (Å²) < 4.78 is 36.2. The second-order valence-electron chi connectivity index (χ2n) is 3.47. The van der Waals surface area contributed by atoms with Crippen molar-refractivity contribution in [3.8, 4) is 5.75 Å². The molecule has 1 rings (SSSR count). The van der Waals surface area contributed by atoms with Gasteiger partial charge in [0.2, 0.25) is 0 Å². The van der Waals surface area contributed by atoms with Crippen LogP contribution in [-0.4, -0.2) is 25.6 Å². The van der Waals surface area contributed by atoms with Gasteiger partial charge in [-0.25, -0.2) is 0 Å². The largest absolute Gasteiger partial charge is 0.491 e.